The van der Waals surface area contributed by atoms with Gasteiger partial charge in [0, 0.05) is 0 Å². The molecule has 3 N–H and O–H groups in total. The number of likely N-dealkylation sites (tertiary alicyclic amines) is 1. The second-order valence-electron chi connectivity index (χ2n) is 7.44. The van der Waals surface area contributed by atoms with Crippen LogP contribution in [0, 0.1) is 0 Å². The van der Waals surface area contributed by atoms with E-state index in [2.05, 4.69) is 10.7 Å². The predicted octanol–water partition coefficient (Wildman–Crippen LogP) is 0.121. The van der Waals surface area contributed by atoms with Gasteiger partial charge in [-0.3, -0.25) is 15.0 Å². The summed E-state index contributed by atoms with van der Waals surface area (Å²) in [5.74, 6) is -0.537. The summed E-state index contributed by atoms with van der Waals surface area (Å²) in [5, 5.41) is 3.73. The van der Waals surface area contributed by atoms with Gasteiger partial charge < -0.3 is 10.2 Å². The van der Waals surface area contributed by atoms with Crippen LogP contribution in [0.4, 0.5) is 4.79 Å². The van der Waals surface area contributed by atoms with Crippen LogP contribution in [0.25, 0.3) is 0 Å². The molecule has 4 amide bonds. The van der Waals surface area contributed by atoms with Crippen LogP contribution in [0.3, 0.4) is 0 Å². The Bertz CT molecular complexity index is 494. The van der Waals surface area contributed by atoms with Gasteiger partial charge in [0.2, 0.25) is 0 Å². The summed E-state index contributed by atoms with van der Waals surface area (Å²) in [6.45, 7) is 2.29. The number of hydrazine groups is 1. The van der Waals surface area contributed by atoms with E-state index in [1.807, 2.05) is 0 Å². The molecule has 1 aliphatic carbocycles. The van der Waals surface area contributed by atoms with E-state index < -0.39 is 11.6 Å². The fourth-order valence-electron chi connectivity index (χ4n) is 4.19. The van der Waals surface area contributed by atoms with Crippen molar-refractivity contribution in [2.75, 3.05) is 19.6 Å². The molecule has 1 saturated carbocycles. The first-order valence-corrected chi connectivity index (χ1v) is 9.40. The summed E-state index contributed by atoms with van der Waals surface area (Å²) in [4.78, 5) is 38.4. The number of nitrogens with zero attached hydrogens (tertiary/aromatic N) is 1. The fourth-order valence-corrected chi connectivity index (χ4v) is 4.19. The molecule has 0 aromatic rings. The smallest absolute Gasteiger partial charge is 0.327 e. The maximum Gasteiger partial charge on any atom is 0.344 e. The highest BCUT2D eigenvalue weighted by molar-refractivity contribution is 6.08. The Balaban J connectivity index is 1.55. The van der Waals surface area contributed by atoms with E-state index in [4.69, 9.17) is 0 Å². The van der Waals surface area contributed by atoms with Gasteiger partial charge in [-0.15, -0.1) is 0 Å². The number of carbonyl (C=O) groups excluding carboxylic acids is 3. The van der Waals surface area contributed by atoms with Crippen molar-refractivity contribution in [1.29, 1.82) is 0 Å². The second kappa shape index (κ2) is 7.51. The lowest BCUT2D eigenvalue weighted by Gasteiger charge is -2.30. The SMILES string of the molecule is O=C(C[NH+]1CCCCCCC1)NN1C(=O)NC2(CCCCC2)C1=O. The highest BCUT2D eigenvalue weighted by Gasteiger charge is 2.52. The Morgan fingerprint density at radius 1 is 1.00 bits per heavy atom. The van der Waals surface area contributed by atoms with Crippen LogP contribution in [0.1, 0.15) is 64.2 Å². The minimum atomic E-state index is -0.782. The molecule has 7 heteroatoms. The van der Waals surface area contributed by atoms with E-state index in [-0.39, 0.29) is 11.8 Å². The first kappa shape index (κ1) is 17.2. The van der Waals surface area contributed by atoms with E-state index in [9.17, 15) is 14.4 Å². The van der Waals surface area contributed by atoms with Crippen molar-refractivity contribution in [1.82, 2.24) is 15.8 Å². The van der Waals surface area contributed by atoms with Crippen LogP contribution in [-0.4, -0.2) is 48.0 Å². The Morgan fingerprint density at radius 3 is 2.25 bits per heavy atom. The van der Waals surface area contributed by atoms with Crippen LogP contribution >= 0.6 is 0 Å². The van der Waals surface area contributed by atoms with Crippen molar-refractivity contribution in [3.63, 3.8) is 0 Å². The summed E-state index contributed by atoms with van der Waals surface area (Å²) in [6, 6.07) is -0.488. The molecule has 1 spiro atoms. The topological polar surface area (TPSA) is 82.9 Å². The van der Waals surface area contributed by atoms with Gasteiger partial charge in [-0.1, -0.05) is 25.7 Å². The zero-order valence-electron chi connectivity index (χ0n) is 14.4. The molecule has 2 aliphatic heterocycles. The summed E-state index contributed by atoms with van der Waals surface area (Å²) < 4.78 is 0. The number of hydrogen-bond acceptors (Lipinski definition) is 3. The van der Waals surface area contributed by atoms with Crippen molar-refractivity contribution < 1.29 is 19.3 Å². The van der Waals surface area contributed by atoms with Gasteiger partial charge in [0.05, 0.1) is 13.1 Å². The number of carbonyl (C=O) groups is 3. The summed E-state index contributed by atoms with van der Waals surface area (Å²) in [5.41, 5.74) is 1.76. The molecule has 2 heterocycles. The van der Waals surface area contributed by atoms with Crippen LogP contribution < -0.4 is 15.6 Å². The van der Waals surface area contributed by atoms with Crippen LogP contribution in [0.15, 0.2) is 0 Å². The zero-order chi connectivity index (χ0) is 17.0. The fraction of sp³-hybridized carbons (Fsp3) is 0.824. The quantitative estimate of drug-likeness (QED) is 0.640. The number of nitrogens with one attached hydrogen (secondary N) is 3. The largest absolute Gasteiger partial charge is 0.344 e. The molecule has 0 atom stereocenters. The lowest BCUT2D eigenvalue weighted by Crippen LogP contribution is -3.13. The predicted molar refractivity (Wildman–Crippen MR) is 88.0 cm³/mol. The monoisotopic (exact) mass is 337 g/mol. The van der Waals surface area contributed by atoms with Gasteiger partial charge in [0.25, 0.3) is 11.8 Å². The van der Waals surface area contributed by atoms with Crippen LogP contribution in [-0.2, 0) is 9.59 Å². The Hall–Kier alpha value is -1.63. The number of quaternary nitrogens is 1. The first-order valence-electron chi connectivity index (χ1n) is 9.40. The minimum absolute atomic E-state index is 0.248. The molecule has 24 heavy (non-hydrogen) atoms. The molecule has 7 nitrogen and oxygen atoms in total. The van der Waals surface area contributed by atoms with Crippen molar-refractivity contribution in [2.24, 2.45) is 0 Å². The maximum absolute atomic E-state index is 12.6. The summed E-state index contributed by atoms with van der Waals surface area (Å²) in [7, 11) is 0. The Labute approximate surface area is 143 Å². The molecule has 0 radical (unpaired) electrons. The average molecular weight is 337 g/mol. The van der Waals surface area contributed by atoms with E-state index >= 15 is 0 Å². The lowest BCUT2D eigenvalue weighted by atomic mass is 9.82. The molecule has 3 aliphatic rings. The second-order valence-corrected chi connectivity index (χ2v) is 7.44. The van der Waals surface area contributed by atoms with E-state index in [0.29, 0.717) is 19.4 Å². The molecule has 3 fully saturated rings. The molecule has 0 aromatic carbocycles. The highest BCUT2D eigenvalue weighted by Crippen LogP contribution is 2.32. The molecular weight excluding hydrogens is 308 g/mol. The third-order valence-electron chi connectivity index (χ3n) is 5.58. The van der Waals surface area contributed by atoms with Crippen molar-refractivity contribution in [3.05, 3.63) is 0 Å². The first-order chi connectivity index (χ1) is 11.6. The molecule has 0 unspecified atom stereocenters. The molecule has 0 aromatic heterocycles. The van der Waals surface area contributed by atoms with Crippen molar-refractivity contribution in [2.45, 2.75) is 69.7 Å². The minimum Gasteiger partial charge on any atom is -0.327 e. The van der Waals surface area contributed by atoms with Crippen molar-refractivity contribution in [3.8, 4) is 0 Å². The van der Waals surface area contributed by atoms with Crippen LogP contribution in [0.5, 0.6) is 0 Å². The lowest BCUT2D eigenvalue weighted by molar-refractivity contribution is -0.893. The number of imide groups is 1. The van der Waals surface area contributed by atoms with Crippen molar-refractivity contribution >= 4 is 17.8 Å². The van der Waals surface area contributed by atoms with E-state index in [1.54, 1.807) is 0 Å². The van der Waals surface area contributed by atoms with Gasteiger partial charge >= 0.3 is 6.03 Å². The standard InChI is InChI=1S/C17H28N4O3/c22-14(13-20-11-7-2-1-3-8-12-20)19-21-15(23)17(18-16(21)24)9-5-4-6-10-17/h1-13H2,(H,18,24)(H,19,22)/p+1. The van der Waals surface area contributed by atoms with Gasteiger partial charge in [-0.2, -0.15) is 5.01 Å². The van der Waals surface area contributed by atoms with E-state index in [0.717, 1.165) is 50.2 Å². The molecule has 134 valence electrons. The van der Waals surface area contributed by atoms with Gasteiger partial charge in [-0.05, 0) is 38.5 Å². The zero-order valence-corrected chi connectivity index (χ0v) is 14.4. The Kier molecular flexibility index (Phi) is 5.38. The third kappa shape index (κ3) is 3.71. The number of urea groups is 1. The summed E-state index contributed by atoms with van der Waals surface area (Å²) >= 11 is 0. The number of amides is 4. The van der Waals surface area contributed by atoms with Gasteiger partial charge in [0.15, 0.2) is 6.54 Å². The van der Waals surface area contributed by atoms with Gasteiger partial charge in [-0.25, -0.2) is 4.79 Å². The normalized spacial score (nSPS) is 25.2. The molecule has 2 saturated heterocycles. The van der Waals surface area contributed by atoms with Gasteiger partial charge in [0.1, 0.15) is 5.54 Å². The number of hydrogen-bond donors (Lipinski definition) is 3. The molecule has 3 rings (SSSR count). The van der Waals surface area contributed by atoms with E-state index in [1.165, 1.54) is 24.2 Å². The third-order valence-corrected chi connectivity index (χ3v) is 5.58. The molecule has 0 bridgehead atoms. The van der Waals surface area contributed by atoms with Crippen LogP contribution in [0.2, 0.25) is 0 Å². The summed E-state index contributed by atoms with van der Waals surface area (Å²) in [6.07, 6.45) is 10.3. The Morgan fingerprint density at radius 2 is 1.58 bits per heavy atom. The molecular formula is C17H29N4O3+. The highest BCUT2D eigenvalue weighted by atomic mass is 16.2. The average Bonchev–Trinajstić information content (AvgIpc) is 2.75. The maximum atomic E-state index is 12.6. The number of rotatable bonds is 3.